The average molecular weight is 909 g/mol. The Morgan fingerprint density at radius 1 is 1.03 bits per heavy atom. The van der Waals surface area contributed by atoms with Crippen molar-refractivity contribution in [1.82, 2.24) is 30.1 Å². The van der Waals surface area contributed by atoms with Crippen molar-refractivity contribution in [2.45, 2.75) is 153 Å². The Bertz CT molecular complexity index is 2200. The molecule has 3 aliphatic heterocycles. The lowest BCUT2D eigenvalue weighted by Gasteiger charge is -2.47. The van der Waals surface area contributed by atoms with Gasteiger partial charge in [-0.15, -0.1) is 0 Å². The topological polar surface area (TPSA) is 195 Å². The van der Waals surface area contributed by atoms with Gasteiger partial charge in [0.15, 0.2) is 0 Å². The van der Waals surface area contributed by atoms with Crippen LogP contribution >= 0.6 is 0 Å². The maximum Gasteiger partial charge on any atom is 0.408 e. The van der Waals surface area contributed by atoms with E-state index < -0.39 is 73.8 Å². The van der Waals surface area contributed by atoms with Crippen LogP contribution in [0.2, 0.25) is 0 Å². The molecule has 16 nitrogen and oxygen atoms in total. The van der Waals surface area contributed by atoms with Crippen LogP contribution < -0.4 is 24.8 Å². The lowest BCUT2D eigenvalue weighted by molar-refractivity contribution is -0.144. The van der Waals surface area contributed by atoms with Crippen molar-refractivity contribution >= 4 is 44.7 Å². The summed E-state index contributed by atoms with van der Waals surface area (Å²) in [5.41, 5.74) is 0.0976. The number of nitrogens with one attached hydrogen (secondary N) is 3. The number of sulfonamides is 1. The minimum Gasteiger partial charge on any atom is -0.492 e. The predicted molar refractivity (Wildman–Crippen MR) is 241 cm³/mol. The number of fused-ring (bicyclic) bond motifs is 3. The molecule has 2 aliphatic carbocycles. The van der Waals surface area contributed by atoms with Gasteiger partial charge in [0.1, 0.15) is 47.4 Å². The fourth-order valence-corrected chi connectivity index (χ4v) is 10.5. The van der Waals surface area contributed by atoms with Crippen molar-refractivity contribution < 1.29 is 46.5 Å². The van der Waals surface area contributed by atoms with E-state index in [-0.39, 0.29) is 19.4 Å². The van der Waals surface area contributed by atoms with E-state index in [4.69, 9.17) is 23.9 Å². The number of rotatable bonds is 12. The van der Waals surface area contributed by atoms with Crippen LogP contribution in [0.1, 0.15) is 117 Å². The van der Waals surface area contributed by atoms with Gasteiger partial charge in [0.25, 0.3) is 5.91 Å². The second kappa shape index (κ2) is 19.5. The molecular formula is C47H68N6O10S. The highest BCUT2D eigenvalue weighted by Gasteiger charge is 2.58. The molecule has 4 fully saturated rings. The number of nitrogens with zero attached hydrogens (tertiary/aromatic N) is 3. The molecule has 1 aromatic carbocycles. The van der Waals surface area contributed by atoms with Crippen molar-refractivity contribution in [3.8, 4) is 11.5 Å². The van der Waals surface area contributed by atoms with Gasteiger partial charge in [-0.1, -0.05) is 38.8 Å². The van der Waals surface area contributed by atoms with Crippen LogP contribution in [-0.2, 0) is 46.7 Å². The van der Waals surface area contributed by atoms with E-state index >= 15 is 0 Å². The zero-order chi connectivity index (χ0) is 45.9. The molecule has 0 bridgehead atoms. The van der Waals surface area contributed by atoms with Gasteiger partial charge in [0, 0.05) is 42.9 Å². The minimum atomic E-state index is -4.02. The van der Waals surface area contributed by atoms with Crippen LogP contribution in [0.5, 0.6) is 11.5 Å². The third-order valence-electron chi connectivity index (χ3n) is 13.5. The van der Waals surface area contributed by atoms with Gasteiger partial charge in [-0.3, -0.25) is 24.0 Å². The smallest absolute Gasteiger partial charge is 0.408 e. The number of hydrogen-bond acceptors (Lipinski definition) is 12. The third-order valence-corrected chi connectivity index (χ3v) is 15.6. The average Bonchev–Trinajstić information content (AvgIpc) is 3.87. The summed E-state index contributed by atoms with van der Waals surface area (Å²) in [4.78, 5) is 65.9. The van der Waals surface area contributed by atoms with Crippen molar-refractivity contribution in [3.63, 3.8) is 0 Å². The molecule has 0 radical (unpaired) electrons. The molecule has 4 amide bonds. The number of allylic oxidation sites excluding steroid dienone is 1. The SMILES string of the molecule is CCc1nc2ccc(OCCN3CCOCC3)cc2c(CC)c1OC1CC2C(=O)NC3(C(=O)NS(=O)(=O)C4(C)CC4)CCC3C=CCCCCCC(NC(=O)OC(C)(C)C)C(=O)N2C1. The molecule has 7 rings (SSSR count). The number of carbonyl (C=O) groups excluding carboxylic acids is 4. The lowest BCUT2D eigenvalue weighted by Crippen LogP contribution is -2.70. The summed E-state index contributed by atoms with van der Waals surface area (Å²) in [5, 5.41) is 6.69. The maximum atomic E-state index is 14.9. The van der Waals surface area contributed by atoms with E-state index in [0.29, 0.717) is 82.7 Å². The molecule has 1 aromatic heterocycles. The molecule has 4 heterocycles. The van der Waals surface area contributed by atoms with E-state index in [0.717, 1.165) is 54.6 Å². The van der Waals surface area contributed by atoms with Crippen LogP contribution in [-0.4, -0.2) is 127 Å². The van der Waals surface area contributed by atoms with Gasteiger partial charge in [0.05, 0.1) is 35.7 Å². The molecule has 352 valence electrons. The fourth-order valence-electron chi connectivity index (χ4n) is 9.22. The number of pyridine rings is 1. The summed E-state index contributed by atoms with van der Waals surface area (Å²) >= 11 is 0. The highest BCUT2D eigenvalue weighted by molar-refractivity contribution is 7.91. The Morgan fingerprint density at radius 2 is 1.80 bits per heavy atom. The third kappa shape index (κ3) is 10.6. The molecule has 0 spiro atoms. The Morgan fingerprint density at radius 3 is 2.47 bits per heavy atom. The first-order chi connectivity index (χ1) is 30.5. The summed E-state index contributed by atoms with van der Waals surface area (Å²) in [6.07, 6.45) is 8.55. The number of hydrogen-bond donors (Lipinski definition) is 3. The van der Waals surface area contributed by atoms with Gasteiger partial charge in [-0.25, -0.2) is 18.2 Å². The van der Waals surface area contributed by atoms with Crippen molar-refractivity contribution in [2.75, 3.05) is 46.0 Å². The first-order valence-corrected chi connectivity index (χ1v) is 24.8. The number of carbonyl (C=O) groups is 4. The monoisotopic (exact) mass is 908 g/mol. The molecule has 5 atom stereocenters. The standard InChI is InChI=1S/C47H68N6O10S/c1-7-34-35-28-32(61-27-24-52-22-25-60-26-23-52)16-17-37(35)48-36(8-2)40(34)62-33-29-39-41(54)50-47(43(56)51-64(58,59)46(6)20-21-46)19-18-31(47)14-12-10-9-11-13-15-38(42(55)53(39)30-33)49-44(57)63-45(3,4)5/h12,14,16-17,28,31,33,38-39H,7-11,13,15,18-27,29-30H2,1-6H3,(H,49,57)(H,50,54)(H,51,56). The summed E-state index contributed by atoms with van der Waals surface area (Å²) in [7, 11) is -4.02. The normalized spacial score (nSPS) is 26.6. The zero-order valence-electron chi connectivity index (χ0n) is 38.5. The van der Waals surface area contributed by atoms with Gasteiger partial charge in [-0.2, -0.15) is 0 Å². The molecule has 2 saturated carbocycles. The summed E-state index contributed by atoms with van der Waals surface area (Å²) < 4.78 is 52.3. The number of amides is 4. The molecule has 17 heteroatoms. The second-order valence-corrected chi connectivity index (χ2v) is 21.5. The zero-order valence-corrected chi connectivity index (χ0v) is 39.3. The van der Waals surface area contributed by atoms with E-state index in [2.05, 4.69) is 20.3 Å². The lowest BCUT2D eigenvalue weighted by atomic mass is 9.65. The van der Waals surface area contributed by atoms with Crippen LogP contribution in [0, 0.1) is 5.92 Å². The minimum absolute atomic E-state index is 0.00766. The second-order valence-electron chi connectivity index (χ2n) is 19.3. The predicted octanol–water partition coefficient (Wildman–Crippen LogP) is 5.10. The number of ether oxygens (including phenoxy) is 4. The molecule has 5 unspecified atom stereocenters. The van der Waals surface area contributed by atoms with Gasteiger partial charge < -0.3 is 34.5 Å². The quantitative estimate of drug-likeness (QED) is 0.239. The maximum absolute atomic E-state index is 14.9. The van der Waals surface area contributed by atoms with Crippen molar-refractivity contribution in [3.05, 3.63) is 41.6 Å². The van der Waals surface area contributed by atoms with Crippen LogP contribution in [0.15, 0.2) is 30.4 Å². The highest BCUT2D eigenvalue weighted by atomic mass is 32.2. The molecule has 2 saturated heterocycles. The number of aryl methyl sites for hydroxylation is 2. The van der Waals surface area contributed by atoms with Gasteiger partial charge in [-0.05, 0) is 104 Å². The Hall–Kier alpha value is -4.48. The summed E-state index contributed by atoms with van der Waals surface area (Å²) in [6, 6.07) is 3.75. The van der Waals surface area contributed by atoms with E-state index in [1.165, 1.54) is 4.90 Å². The number of alkyl carbamates (subject to hydrolysis) is 1. The van der Waals surface area contributed by atoms with Crippen LogP contribution in [0.4, 0.5) is 4.79 Å². The van der Waals surface area contributed by atoms with E-state index in [1.807, 2.05) is 44.2 Å². The van der Waals surface area contributed by atoms with E-state index in [1.54, 1.807) is 27.7 Å². The van der Waals surface area contributed by atoms with Crippen LogP contribution in [0.3, 0.4) is 0 Å². The van der Waals surface area contributed by atoms with Crippen LogP contribution in [0.25, 0.3) is 10.9 Å². The largest absolute Gasteiger partial charge is 0.492 e. The molecule has 2 aromatic rings. The molecule has 64 heavy (non-hydrogen) atoms. The van der Waals surface area contributed by atoms with Gasteiger partial charge in [0.2, 0.25) is 21.8 Å². The fraction of sp³-hybridized carbons (Fsp3) is 0.681. The first kappa shape index (κ1) is 47.5. The Balaban J connectivity index is 1.20. The van der Waals surface area contributed by atoms with E-state index in [9.17, 15) is 27.6 Å². The molecule has 5 aliphatic rings. The highest BCUT2D eigenvalue weighted by Crippen LogP contribution is 2.45. The summed E-state index contributed by atoms with van der Waals surface area (Å²) in [5.74, 6) is -1.01. The first-order valence-electron chi connectivity index (χ1n) is 23.4. The van der Waals surface area contributed by atoms with Crippen molar-refractivity contribution in [2.24, 2.45) is 5.92 Å². The Labute approximate surface area is 378 Å². The van der Waals surface area contributed by atoms with Crippen molar-refractivity contribution in [1.29, 1.82) is 0 Å². The number of benzene rings is 1. The van der Waals surface area contributed by atoms with Gasteiger partial charge >= 0.3 is 6.09 Å². The number of aromatic nitrogens is 1. The molecular weight excluding hydrogens is 841 g/mol. The number of morpholine rings is 1. The Kier molecular flexibility index (Phi) is 14.5. The molecule has 3 N–H and O–H groups in total. The summed E-state index contributed by atoms with van der Waals surface area (Å²) in [6.45, 7) is 15.4.